The van der Waals surface area contributed by atoms with Crippen LogP contribution >= 0.6 is 0 Å². The van der Waals surface area contributed by atoms with Crippen molar-refractivity contribution >= 4 is 9.84 Å². The Kier molecular flexibility index (Phi) is 3.39. The normalized spacial score (nSPS) is 11.5. The summed E-state index contributed by atoms with van der Waals surface area (Å²) in [6.07, 6.45) is 1.19. The molecule has 84 valence electrons. The average molecular weight is 228 g/mol. The number of hydrogen-bond acceptors (Lipinski definition) is 3. The lowest BCUT2D eigenvalue weighted by Crippen LogP contribution is -2.05. The first-order valence-corrected chi connectivity index (χ1v) is 6.70. The van der Waals surface area contributed by atoms with Crippen molar-refractivity contribution in [3.63, 3.8) is 0 Å². The second-order valence-corrected chi connectivity index (χ2v) is 5.52. The van der Waals surface area contributed by atoms with Gasteiger partial charge in [0, 0.05) is 6.26 Å². The van der Waals surface area contributed by atoms with Crippen molar-refractivity contribution in [1.82, 2.24) is 0 Å². The molecule has 0 aliphatic heterocycles. The molecule has 0 fully saturated rings. The molecule has 0 amide bonds. The van der Waals surface area contributed by atoms with Gasteiger partial charge in [-0.15, -0.1) is 0 Å². The van der Waals surface area contributed by atoms with Crippen LogP contribution < -0.4 is 4.74 Å². The molecule has 0 spiro atoms. The summed E-state index contributed by atoms with van der Waals surface area (Å²) in [5.41, 5.74) is 1.92. The minimum atomic E-state index is -3.22. The van der Waals surface area contributed by atoms with E-state index in [1.54, 1.807) is 12.1 Å². The molecule has 0 saturated heterocycles. The van der Waals surface area contributed by atoms with Gasteiger partial charge in [0.25, 0.3) is 0 Å². The third-order valence-corrected chi connectivity index (χ3v) is 3.45. The van der Waals surface area contributed by atoms with Crippen LogP contribution in [-0.4, -0.2) is 21.3 Å². The SMILES string of the molecule is CCOc1c(S(C)(=O)=O)ccc(C)c1C. The first kappa shape index (κ1) is 12.0. The van der Waals surface area contributed by atoms with Crippen LogP contribution in [-0.2, 0) is 9.84 Å². The van der Waals surface area contributed by atoms with E-state index in [2.05, 4.69) is 0 Å². The molecular weight excluding hydrogens is 212 g/mol. The Morgan fingerprint density at radius 2 is 1.87 bits per heavy atom. The van der Waals surface area contributed by atoms with E-state index in [1.165, 1.54) is 6.26 Å². The molecule has 0 heterocycles. The molecule has 0 aliphatic rings. The molecule has 0 aliphatic carbocycles. The summed E-state index contributed by atoms with van der Waals surface area (Å²) in [4.78, 5) is 0.271. The van der Waals surface area contributed by atoms with Crippen LogP contribution in [0.25, 0.3) is 0 Å². The summed E-state index contributed by atoms with van der Waals surface area (Å²) in [5.74, 6) is 0.486. The third-order valence-electron chi connectivity index (χ3n) is 2.33. The maximum absolute atomic E-state index is 11.5. The van der Waals surface area contributed by atoms with Crippen molar-refractivity contribution < 1.29 is 13.2 Å². The van der Waals surface area contributed by atoms with E-state index in [0.717, 1.165) is 11.1 Å². The number of rotatable bonds is 3. The van der Waals surface area contributed by atoms with E-state index in [0.29, 0.717) is 12.4 Å². The smallest absolute Gasteiger partial charge is 0.179 e. The van der Waals surface area contributed by atoms with Gasteiger partial charge in [-0.05, 0) is 38.0 Å². The first-order valence-electron chi connectivity index (χ1n) is 4.81. The Morgan fingerprint density at radius 1 is 1.27 bits per heavy atom. The lowest BCUT2D eigenvalue weighted by atomic mass is 10.1. The molecule has 1 rings (SSSR count). The van der Waals surface area contributed by atoms with Crippen molar-refractivity contribution in [2.45, 2.75) is 25.7 Å². The molecule has 1 aromatic carbocycles. The number of hydrogen-bond donors (Lipinski definition) is 0. The lowest BCUT2D eigenvalue weighted by Gasteiger charge is -2.13. The van der Waals surface area contributed by atoms with Gasteiger partial charge in [-0.2, -0.15) is 0 Å². The number of aryl methyl sites for hydroxylation is 1. The fraction of sp³-hybridized carbons (Fsp3) is 0.455. The first-order chi connectivity index (χ1) is 6.88. The molecule has 1 aromatic rings. The molecule has 0 aromatic heterocycles. The zero-order valence-corrected chi connectivity index (χ0v) is 10.3. The highest BCUT2D eigenvalue weighted by Gasteiger charge is 2.17. The van der Waals surface area contributed by atoms with Crippen LogP contribution in [0, 0.1) is 13.8 Å². The van der Waals surface area contributed by atoms with Gasteiger partial charge in [-0.25, -0.2) is 8.42 Å². The fourth-order valence-corrected chi connectivity index (χ4v) is 2.24. The highest BCUT2D eigenvalue weighted by molar-refractivity contribution is 7.90. The Labute approximate surface area is 91.0 Å². The molecular formula is C11H16O3S. The number of ether oxygens (including phenoxy) is 1. The summed E-state index contributed by atoms with van der Waals surface area (Å²) in [5, 5.41) is 0. The predicted molar refractivity (Wildman–Crippen MR) is 60.2 cm³/mol. The Hall–Kier alpha value is -1.03. The molecule has 0 bridgehead atoms. The van der Waals surface area contributed by atoms with Crippen LogP contribution in [0.2, 0.25) is 0 Å². The van der Waals surface area contributed by atoms with Gasteiger partial charge in [0.05, 0.1) is 6.61 Å². The monoisotopic (exact) mass is 228 g/mol. The maximum Gasteiger partial charge on any atom is 0.179 e. The van der Waals surface area contributed by atoms with E-state index in [4.69, 9.17) is 4.74 Å². The zero-order chi connectivity index (χ0) is 11.6. The van der Waals surface area contributed by atoms with Crippen LogP contribution in [0.15, 0.2) is 17.0 Å². The standard InChI is InChI=1S/C11H16O3S/c1-5-14-11-9(3)8(2)6-7-10(11)15(4,12)13/h6-7H,5H2,1-4H3. The maximum atomic E-state index is 11.5. The minimum Gasteiger partial charge on any atom is -0.492 e. The molecule has 0 N–H and O–H groups in total. The van der Waals surface area contributed by atoms with Gasteiger partial charge in [0.1, 0.15) is 10.6 Å². The topological polar surface area (TPSA) is 43.4 Å². The molecule has 4 heteroatoms. The number of sulfone groups is 1. The fourth-order valence-electron chi connectivity index (χ4n) is 1.38. The Morgan fingerprint density at radius 3 is 2.33 bits per heavy atom. The Bertz CT molecular complexity index is 461. The summed E-state index contributed by atoms with van der Waals surface area (Å²) < 4.78 is 28.4. The molecule has 0 saturated carbocycles. The third kappa shape index (κ3) is 2.50. The zero-order valence-electron chi connectivity index (χ0n) is 9.49. The molecule has 0 unspecified atom stereocenters. The van der Waals surface area contributed by atoms with E-state index in [9.17, 15) is 8.42 Å². The van der Waals surface area contributed by atoms with Gasteiger partial charge in [0.2, 0.25) is 0 Å². The second-order valence-electron chi connectivity index (χ2n) is 3.54. The van der Waals surface area contributed by atoms with Crippen molar-refractivity contribution in [3.8, 4) is 5.75 Å². The molecule has 0 atom stereocenters. The second kappa shape index (κ2) is 4.23. The van der Waals surface area contributed by atoms with E-state index < -0.39 is 9.84 Å². The van der Waals surface area contributed by atoms with E-state index in [1.807, 2.05) is 20.8 Å². The van der Waals surface area contributed by atoms with Gasteiger partial charge in [-0.3, -0.25) is 0 Å². The van der Waals surface area contributed by atoms with Crippen LogP contribution in [0.4, 0.5) is 0 Å². The average Bonchev–Trinajstić information content (AvgIpc) is 2.11. The largest absolute Gasteiger partial charge is 0.492 e. The van der Waals surface area contributed by atoms with Crippen molar-refractivity contribution in [3.05, 3.63) is 23.3 Å². The summed E-state index contributed by atoms with van der Waals surface area (Å²) in [6.45, 7) is 6.11. The molecule has 15 heavy (non-hydrogen) atoms. The number of benzene rings is 1. The van der Waals surface area contributed by atoms with Gasteiger partial charge < -0.3 is 4.74 Å². The van der Waals surface area contributed by atoms with Crippen molar-refractivity contribution in [2.24, 2.45) is 0 Å². The summed E-state index contributed by atoms with van der Waals surface area (Å²) in [7, 11) is -3.22. The van der Waals surface area contributed by atoms with E-state index in [-0.39, 0.29) is 4.90 Å². The van der Waals surface area contributed by atoms with Crippen molar-refractivity contribution in [2.75, 3.05) is 12.9 Å². The van der Waals surface area contributed by atoms with Gasteiger partial charge >= 0.3 is 0 Å². The highest BCUT2D eigenvalue weighted by atomic mass is 32.2. The summed E-state index contributed by atoms with van der Waals surface area (Å²) in [6, 6.07) is 3.40. The van der Waals surface area contributed by atoms with Crippen LogP contribution in [0.1, 0.15) is 18.1 Å². The lowest BCUT2D eigenvalue weighted by molar-refractivity contribution is 0.328. The summed E-state index contributed by atoms with van der Waals surface area (Å²) >= 11 is 0. The molecule has 3 nitrogen and oxygen atoms in total. The quantitative estimate of drug-likeness (QED) is 0.795. The predicted octanol–water partition coefficient (Wildman–Crippen LogP) is 2.11. The van der Waals surface area contributed by atoms with Gasteiger partial charge in [-0.1, -0.05) is 6.07 Å². The molecule has 0 radical (unpaired) electrons. The van der Waals surface area contributed by atoms with E-state index >= 15 is 0 Å². The highest BCUT2D eigenvalue weighted by Crippen LogP contribution is 2.29. The minimum absolute atomic E-state index is 0.271. The van der Waals surface area contributed by atoms with Gasteiger partial charge in [0.15, 0.2) is 9.84 Å². The van der Waals surface area contributed by atoms with Crippen LogP contribution in [0.5, 0.6) is 5.75 Å². The Balaban J connectivity index is 3.47. The van der Waals surface area contributed by atoms with Crippen LogP contribution in [0.3, 0.4) is 0 Å². The van der Waals surface area contributed by atoms with Crippen molar-refractivity contribution in [1.29, 1.82) is 0 Å².